The number of rotatable bonds is 1. The average molecular weight is 353 g/mol. The van der Waals surface area contributed by atoms with E-state index in [0.717, 1.165) is 11.0 Å². The number of piperidine rings is 1. The van der Waals surface area contributed by atoms with E-state index in [1.807, 2.05) is 0 Å². The minimum absolute atomic E-state index is 0.0960. The van der Waals surface area contributed by atoms with Gasteiger partial charge in [0.25, 0.3) is 0 Å². The van der Waals surface area contributed by atoms with Crippen LogP contribution < -0.4 is 0 Å². The molecule has 1 aromatic rings. The summed E-state index contributed by atoms with van der Waals surface area (Å²) in [5.74, 6) is 0. The number of likely N-dealkylation sites (tertiary alicyclic amines) is 1. The van der Waals surface area contributed by atoms with Gasteiger partial charge in [0.05, 0.1) is 11.1 Å². The van der Waals surface area contributed by atoms with E-state index in [1.165, 1.54) is 6.08 Å². The third-order valence-electron chi connectivity index (χ3n) is 3.72. The minimum atomic E-state index is -4.92. The summed E-state index contributed by atoms with van der Waals surface area (Å²) in [6.45, 7) is 0.284. The van der Waals surface area contributed by atoms with Crippen molar-refractivity contribution >= 4 is 12.2 Å². The highest BCUT2D eigenvalue weighted by atomic mass is 19.4. The molecule has 1 fully saturated rings. The van der Waals surface area contributed by atoms with Crippen molar-refractivity contribution in [2.45, 2.75) is 25.2 Å². The van der Waals surface area contributed by atoms with Gasteiger partial charge in [0.1, 0.15) is 0 Å². The van der Waals surface area contributed by atoms with Crippen molar-refractivity contribution < 1.29 is 36.2 Å². The lowest BCUT2D eigenvalue weighted by Crippen LogP contribution is -2.35. The number of hydrogen-bond donors (Lipinski definition) is 1. The summed E-state index contributed by atoms with van der Waals surface area (Å²) >= 11 is 0. The van der Waals surface area contributed by atoms with E-state index in [-0.39, 0.29) is 37.6 Å². The van der Waals surface area contributed by atoms with Gasteiger partial charge in [-0.1, -0.05) is 17.7 Å². The summed E-state index contributed by atoms with van der Waals surface area (Å²) in [5, 5.41) is 8.82. The van der Waals surface area contributed by atoms with Crippen molar-refractivity contribution in [1.82, 2.24) is 4.90 Å². The van der Waals surface area contributed by atoms with Crippen LogP contribution in [0.2, 0.25) is 0 Å². The first-order chi connectivity index (χ1) is 11.0. The molecule has 0 unspecified atom stereocenters. The molecule has 1 aromatic carbocycles. The first-order valence-electron chi connectivity index (χ1n) is 6.94. The van der Waals surface area contributed by atoms with E-state index in [9.17, 15) is 31.1 Å². The number of nitrogens with zero attached hydrogens (tertiary/aromatic N) is 1. The maximum absolute atomic E-state index is 13.1. The average Bonchev–Trinajstić information content (AvgIpc) is 2.46. The first kappa shape index (κ1) is 18.2. The summed E-state index contributed by atoms with van der Waals surface area (Å²) in [4.78, 5) is 11.9. The fourth-order valence-corrected chi connectivity index (χ4v) is 2.45. The standard InChI is InChI=1S/C15H13F6NO2/c16-14(17,18)11-2-1-10(12(8-11)15(19,20)21)7-9-3-5-22(6-4-9)13(23)24/h1-2,7-8H,3-6H2,(H,23,24). The van der Waals surface area contributed by atoms with Crippen LogP contribution in [-0.4, -0.2) is 29.2 Å². The Kier molecular flexibility index (Phi) is 4.82. The van der Waals surface area contributed by atoms with Gasteiger partial charge < -0.3 is 10.0 Å². The Hall–Kier alpha value is -2.19. The molecule has 1 aliphatic rings. The molecule has 0 spiro atoms. The molecule has 1 saturated heterocycles. The predicted molar refractivity (Wildman–Crippen MR) is 73.3 cm³/mol. The van der Waals surface area contributed by atoms with Gasteiger partial charge in [-0.05, 0) is 30.5 Å². The van der Waals surface area contributed by atoms with Gasteiger partial charge in [-0.25, -0.2) is 4.79 Å². The van der Waals surface area contributed by atoms with Crippen molar-refractivity contribution in [3.63, 3.8) is 0 Å². The summed E-state index contributed by atoms with van der Waals surface area (Å²) in [5.41, 5.74) is -2.50. The van der Waals surface area contributed by atoms with Crippen molar-refractivity contribution in [3.05, 3.63) is 40.5 Å². The molecular formula is C15H13F6NO2. The third kappa shape index (κ3) is 4.21. The van der Waals surface area contributed by atoms with Gasteiger partial charge >= 0.3 is 18.4 Å². The third-order valence-corrected chi connectivity index (χ3v) is 3.72. The Morgan fingerprint density at radius 2 is 1.62 bits per heavy atom. The monoisotopic (exact) mass is 353 g/mol. The number of alkyl halides is 6. The smallest absolute Gasteiger partial charge is 0.417 e. The van der Waals surface area contributed by atoms with Crippen LogP contribution in [0, 0.1) is 0 Å². The second kappa shape index (κ2) is 6.37. The largest absolute Gasteiger partial charge is 0.465 e. The van der Waals surface area contributed by atoms with E-state index in [0.29, 0.717) is 11.6 Å². The number of amides is 1. The molecule has 3 nitrogen and oxygen atoms in total. The maximum atomic E-state index is 13.1. The lowest BCUT2D eigenvalue weighted by atomic mass is 9.97. The molecule has 132 valence electrons. The summed E-state index contributed by atoms with van der Waals surface area (Å²) in [6, 6.07) is 1.50. The molecule has 0 aliphatic carbocycles. The SMILES string of the molecule is O=C(O)N1CCC(=Cc2ccc(C(F)(F)F)cc2C(F)(F)F)CC1. The fourth-order valence-electron chi connectivity index (χ4n) is 2.45. The van der Waals surface area contributed by atoms with Crippen LogP contribution in [0.25, 0.3) is 6.08 Å². The van der Waals surface area contributed by atoms with Gasteiger partial charge in [0.2, 0.25) is 0 Å². The van der Waals surface area contributed by atoms with Crippen LogP contribution in [0.3, 0.4) is 0 Å². The Labute approximate surface area is 133 Å². The normalized spacial score (nSPS) is 16.2. The van der Waals surface area contributed by atoms with Gasteiger partial charge in [-0.15, -0.1) is 0 Å². The van der Waals surface area contributed by atoms with Crippen molar-refractivity contribution in [2.75, 3.05) is 13.1 Å². The zero-order valence-corrected chi connectivity index (χ0v) is 12.2. The summed E-state index contributed by atoms with van der Waals surface area (Å²) in [6.07, 6.45) is -9.22. The predicted octanol–water partition coefficient (Wildman–Crippen LogP) is 4.88. The zero-order chi connectivity index (χ0) is 18.1. The Morgan fingerprint density at radius 3 is 2.08 bits per heavy atom. The Bertz CT molecular complexity index is 653. The summed E-state index contributed by atoms with van der Waals surface area (Å²) in [7, 11) is 0. The second-order valence-electron chi connectivity index (χ2n) is 5.37. The molecule has 0 bridgehead atoms. The number of halogens is 6. The highest BCUT2D eigenvalue weighted by Crippen LogP contribution is 2.38. The van der Waals surface area contributed by atoms with Crippen LogP contribution in [0.4, 0.5) is 31.1 Å². The van der Waals surface area contributed by atoms with E-state index in [1.54, 1.807) is 0 Å². The van der Waals surface area contributed by atoms with Crippen molar-refractivity contribution in [3.8, 4) is 0 Å². The van der Waals surface area contributed by atoms with Crippen LogP contribution in [0.1, 0.15) is 29.5 Å². The minimum Gasteiger partial charge on any atom is -0.465 e. The summed E-state index contributed by atoms with van der Waals surface area (Å²) < 4.78 is 77.0. The van der Waals surface area contributed by atoms with Gasteiger partial charge in [0.15, 0.2) is 0 Å². The molecule has 24 heavy (non-hydrogen) atoms. The Balaban J connectivity index is 2.34. The number of carboxylic acid groups (broad SMARTS) is 1. The van der Waals surface area contributed by atoms with E-state index >= 15 is 0 Å². The number of benzene rings is 1. The van der Waals surface area contributed by atoms with E-state index in [2.05, 4.69) is 0 Å². The molecular weight excluding hydrogens is 340 g/mol. The van der Waals surface area contributed by atoms with E-state index in [4.69, 9.17) is 5.11 Å². The van der Waals surface area contributed by atoms with E-state index < -0.39 is 29.6 Å². The van der Waals surface area contributed by atoms with Crippen LogP contribution in [-0.2, 0) is 12.4 Å². The fraction of sp³-hybridized carbons (Fsp3) is 0.400. The molecule has 0 atom stereocenters. The van der Waals surface area contributed by atoms with Gasteiger partial charge in [0, 0.05) is 13.1 Å². The molecule has 0 saturated carbocycles. The maximum Gasteiger partial charge on any atom is 0.417 e. The van der Waals surface area contributed by atoms with Gasteiger partial charge in [-0.3, -0.25) is 0 Å². The Morgan fingerprint density at radius 1 is 1.04 bits per heavy atom. The lowest BCUT2D eigenvalue weighted by Gasteiger charge is -2.26. The van der Waals surface area contributed by atoms with Gasteiger partial charge in [-0.2, -0.15) is 26.3 Å². The molecule has 1 heterocycles. The quantitative estimate of drug-likeness (QED) is 0.731. The molecule has 0 aromatic heterocycles. The molecule has 9 heteroatoms. The molecule has 1 N–H and O–H groups in total. The van der Waals surface area contributed by atoms with Crippen LogP contribution in [0.15, 0.2) is 23.8 Å². The molecule has 2 rings (SSSR count). The zero-order valence-electron chi connectivity index (χ0n) is 12.2. The molecule has 1 amide bonds. The molecule has 0 radical (unpaired) electrons. The number of carbonyl (C=O) groups is 1. The van der Waals surface area contributed by atoms with Crippen LogP contribution in [0.5, 0.6) is 0 Å². The highest BCUT2D eigenvalue weighted by Gasteiger charge is 2.37. The lowest BCUT2D eigenvalue weighted by molar-refractivity contribution is -0.143. The van der Waals surface area contributed by atoms with Crippen LogP contribution >= 0.6 is 0 Å². The second-order valence-corrected chi connectivity index (χ2v) is 5.37. The molecule has 1 aliphatic heterocycles. The number of hydrogen-bond acceptors (Lipinski definition) is 1. The highest BCUT2D eigenvalue weighted by molar-refractivity contribution is 5.66. The van der Waals surface area contributed by atoms with Crippen molar-refractivity contribution in [1.29, 1.82) is 0 Å². The topological polar surface area (TPSA) is 40.5 Å². The van der Waals surface area contributed by atoms with Crippen molar-refractivity contribution in [2.24, 2.45) is 0 Å². The first-order valence-corrected chi connectivity index (χ1v) is 6.94.